The van der Waals surface area contributed by atoms with Gasteiger partial charge in [-0.25, -0.2) is 18.1 Å². The van der Waals surface area contributed by atoms with E-state index in [1.165, 1.54) is 7.11 Å². The van der Waals surface area contributed by atoms with E-state index in [-0.39, 0.29) is 86.6 Å². The first-order valence-electron chi connectivity index (χ1n) is 5.57. The van der Waals surface area contributed by atoms with Gasteiger partial charge in [-0.05, 0) is 12.1 Å². The molecule has 5 nitrogen and oxygen atoms in total. The molecule has 131 valence electrons. The number of ether oxygens (including phenoxy) is 1. The van der Waals surface area contributed by atoms with Crippen LogP contribution in [0.3, 0.4) is 0 Å². The first-order chi connectivity index (χ1) is 9.49. The van der Waals surface area contributed by atoms with Gasteiger partial charge >= 0.3 is 47.8 Å². The fourth-order valence-electron chi connectivity index (χ4n) is 1.97. The van der Waals surface area contributed by atoms with Crippen LogP contribution in [0.25, 0.3) is 11.3 Å². The second-order valence-electron chi connectivity index (χ2n) is 3.97. The first-order valence-corrected chi connectivity index (χ1v) is 5.57. The van der Waals surface area contributed by atoms with Crippen molar-refractivity contribution in [1.82, 2.24) is 4.57 Å². The predicted octanol–water partition coefficient (Wildman–Crippen LogP) is 3.81. The van der Waals surface area contributed by atoms with Gasteiger partial charge in [-0.3, -0.25) is 0 Å². The Bertz CT molecular complexity index is 674. The Morgan fingerprint density at radius 2 is 1.83 bits per heavy atom. The molecule has 8 heteroatoms. The van der Waals surface area contributed by atoms with Crippen molar-refractivity contribution in [2.45, 2.75) is 6.61 Å². The van der Waals surface area contributed by atoms with Gasteiger partial charge in [-0.1, -0.05) is 0 Å². The molecule has 1 aromatic carbocycles. The topological polar surface area (TPSA) is 71.7 Å². The van der Waals surface area contributed by atoms with Gasteiger partial charge in [0.05, 0.1) is 13.7 Å². The van der Waals surface area contributed by atoms with Crippen LogP contribution in [0.5, 0.6) is 5.75 Å². The number of aliphatic hydroxyl groups excluding tert-OH is 1. The summed E-state index contributed by atoms with van der Waals surface area (Å²) in [5, 5.41) is 18.3. The molecule has 0 spiro atoms. The van der Waals surface area contributed by atoms with Gasteiger partial charge in [0.25, 0.3) is 0 Å². The number of benzene rings is 1. The van der Waals surface area contributed by atoms with Crippen LogP contribution in [0, 0.1) is 75.7 Å². The zero-order valence-electron chi connectivity index (χ0n) is 13.9. The Morgan fingerprint density at radius 1 is 1.25 bits per heavy atom. The summed E-state index contributed by atoms with van der Waals surface area (Å²) in [5.74, 6) is -1.67. The van der Waals surface area contributed by atoms with Crippen molar-refractivity contribution >= 4 is 6.09 Å². The summed E-state index contributed by atoms with van der Waals surface area (Å²) in [6, 6.07) is 2.77. The van der Waals surface area contributed by atoms with Crippen LogP contribution in [-0.2, 0) is 6.61 Å². The Hall–Kier alpha value is -1.03. The number of nitrogens with zero attached hydrogens (tertiary/aromatic N) is 1. The van der Waals surface area contributed by atoms with Crippen LogP contribution in [0.1, 0.15) is 5.56 Å². The number of hydrogen-bond donors (Lipinski definition) is 2. The molecule has 2 rings (SSSR count). The van der Waals surface area contributed by atoms with Crippen molar-refractivity contribution < 1.29 is 70.3 Å². The van der Waals surface area contributed by atoms with Crippen molar-refractivity contribution in [3.63, 3.8) is 0 Å². The average molecular weight is 468 g/mol. The van der Waals surface area contributed by atoms with E-state index in [1.54, 1.807) is 0 Å². The standard InChI is InChI=1S/C13H11F2NO4.3CH3.Ce/c1-20-12-7(6-17)5-16(13(18)19)11(12)9-3-2-8(14)4-10(9)15;;;;/h2-5,17H,6H2,1H3,(H,18,19);3*1H3;/q;3*-1;+3. The molecule has 2 N–H and O–H groups in total. The fourth-order valence-corrected chi connectivity index (χ4v) is 1.97. The molecular weight excluding hydrogens is 448 g/mol. The van der Waals surface area contributed by atoms with E-state index in [0.717, 1.165) is 22.9 Å². The molecule has 0 unspecified atom stereocenters. The molecule has 1 radical (unpaired) electrons. The molecule has 0 atom stereocenters. The summed E-state index contributed by atoms with van der Waals surface area (Å²) < 4.78 is 32.5. The van der Waals surface area contributed by atoms with Crippen LogP contribution in [0.15, 0.2) is 24.4 Å². The third-order valence-electron chi connectivity index (χ3n) is 2.80. The largest absolute Gasteiger partial charge is 3.00 e. The number of carbonyl (C=O) groups is 1. The molecule has 0 saturated heterocycles. The van der Waals surface area contributed by atoms with Crippen molar-refractivity contribution in [1.29, 1.82) is 0 Å². The minimum atomic E-state index is -1.37. The molecule has 0 aliphatic rings. The molecule has 0 bridgehead atoms. The second-order valence-corrected chi connectivity index (χ2v) is 3.97. The third-order valence-corrected chi connectivity index (χ3v) is 2.80. The predicted molar refractivity (Wildman–Crippen MR) is 84.9 cm³/mol. The Labute approximate surface area is 174 Å². The van der Waals surface area contributed by atoms with Gasteiger partial charge in [0.15, 0.2) is 5.75 Å². The summed E-state index contributed by atoms with van der Waals surface area (Å²) in [4.78, 5) is 11.2. The van der Waals surface area contributed by atoms with Gasteiger partial charge in [0.2, 0.25) is 0 Å². The van der Waals surface area contributed by atoms with E-state index in [9.17, 15) is 18.7 Å². The monoisotopic (exact) mass is 468 g/mol. The molecule has 0 saturated carbocycles. The summed E-state index contributed by atoms with van der Waals surface area (Å²) in [6.45, 7) is -0.473. The molecule has 1 aromatic heterocycles. The zero-order valence-corrected chi connectivity index (χ0v) is 17.1. The molecule has 1 heterocycles. The van der Waals surface area contributed by atoms with E-state index in [1.807, 2.05) is 0 Å². The number of rotatable bonds is 3. The maximum Gasteiger partial charge on any atom is 3.00 e. The van der Waals surface area contributed by atoms with Crippen LogP contribution >= 0.6 is 0 Å². The fraction of sp³-hybridized carbons (Fsp3) is 0.125. The number of carboxylic acid groups (broad SMARTS) is 1. The van der Waals surface area contributed by atoms with Crippen molar-refractivity contribution in [3.8, 4) is 17.0 Å². The van der Waals surface area contributed by atoms with Crippen molar-refractivity contribution in [2.75, 3.05) is 7.11 Å². The van der Waals surface area contributed by atoms with Gasteiger partial charge in [-0.2, -0.15) is 0 Å². The van der Waals surface area contributed by atoms with E-state index in [4.69, 9.17) is 9.84 Å². The number of methoxy groups -OCH3 is 1. The Balaban J connectivity index is -0.00000110. The maximum atomic E-state index is 13.8. The van der Waals surface area contributed by atoms with E-state index < -0.39 is 24.3 Å². The van der Waals surface area contributed by atoms with E-state index in [2.05, 4.69) is 0 Å². The van der Waals surface area contributed by atoms with Crippen LogP contribution in [0.4, 0.5) is 13.6 Å². The number of hydrogen-bond acceptors (Lipinski definition) is 3. The second kappa shape index (κ2) is 11.5. The summed E-state index contributed by atoms with van der Waals surface area (Å²) >= 11 is 0. The summed E-state index contributed by atoms with van der Waals surface area (Å²) in [5.41, 5.74) is -0.0412. The quantitative estimate of drug-likeness (QED) is 0.673. The number of halogens is 2. The zero-order chi connectivity index (χ0) is 14.9. The molecule has 0 aliphatic heterocycles. The van der Waals surface area contributed by atoms with Crippen LogP contribution in [0.2, 0.25) is 0 Å². The van der Waals surface area contributed by atoms with E-state index in [0.29, 0.717) is 6.07 Å². The smallest absolute Gasteiger partial charge is 0.494 e. The molecule has 2 aromatic rings. The van der Waals surface area contributed by atoms with Crippen LogP contribution in [-0.4, -0.2) is 28.0 Å². The Morgan fingerprint density at radius 3 is 2.25 bits per heavy atom. The van der Waals surface area contributed by atoms with Crippen molar-refractivity contribution in [3.05, 3.63) is 63.9 Å². The third kappa shape index (κ3) is 5.23. The SMILES string of the molecule is COc1c(CO)cn(C(=O)O)c1-c1ccc(F)cc1F.[CH3-].[CH3-].[CH3-].[Ce+3]. The summed E-state index contributed by atoms with van der Waals surface area (Å²) in [7, 11) is 1.27. The molecule has 0 fully saturated rings. The van der Waals surface area contributed by atoms with Crippen molar-refractivity contribution in [2.24, 2.45) is 0 Å². The maximum absolute atomic E-state index is 13.8. The van der Waals surface area contributed by atoms with E-state index >= 15 is 0 Å². The van der Waals surface area contributed by atoms with Crippen LogP contribution < -0.4 is 4.74 Å². The molecule has 0 aliphatic carbocycles. The minimum Gasteiger partial charge on any atom is -0.494 e. The van der Waals surface area contributed by atoms with Gasteiger partial charge in [0, 0.05) is 23.4 Å². The molecule has 24 heavy (non-hydrogen) atoms. The van der Waals surface area contributed by atoms with Gasteiger partial charge in [-0.15, -0.1) is 0 Å². The molecule has 0 amide bonds. The first kappa shape index (κ1) is 27.8. The number of aromatic nitrogens is 1. The number of aliphatic hydroxyl groups is 1. The average Bonchev–Trinajstić information content (AvgIpc) is 2.77. The summed E-state index contributed by atoms with van der Waals surface area (Å²) in [6.07, 6.45) is -0.249. The minimum absolute atomic E-state index is 0. The van der Waals surface area contributed by atoms with Gasteiger partial charge < -0.3 is 37.2 Å². The molecular formula is C16H20CeF2NO4. The van der Waals surface area contributed by atoms with Gasteiger partial charge in [0.1, 0.15) is 17.3 Å². The normalized spacial score (nSPS) is 8.83. The Kier molecular flexibility index (Phi) is 13.3.